The number of fused-ring (bicyclic) bond motifs is 2. The Morgan fingerprint density at radius 3 is 2.58 bits per heavy atom. The van der Waals surface area contributed by atoms with E-state index in [9.17, 15) is 5.26 Å². The molecule has 166 valence electrons. The van der Waals surface area contributed by atoms with Crippen molar-refractivity contribution in [2.75, 3.05) is 16.8 Å². The van der Waals surface area contributed by atoms with Crippen LogP contribution in [0.4, 0.5) is 17.1 Å². The van der Waals surface area contributed by atoms with Gasteiger partial charge in [0.05, 0.1) is 46.6 Å². The summed E-state index contributed by atoms with van der Waals surface area (Å²) in [5.41, 5.74) is 4.72. The Balaban J connectivity index is 1.76. The number of aromatic nitrogens is 2. The van der Waals surface area contributed by atoms with Crippen LogP contribution in [-0.2, 0) is 13.1 Å². The first kappa shape index (κ1) is 22.7. The van der Waals surface area contributed by atoms with Gasteiger partial charge in [0.2, 0.25) is 5.69 Å². The summed E-state index contributed by atoms with van der Waals surface area (Å²) in [4.78, 5) is 5.68. The molecule has 1 aromatic heterocycles. The number of rotatable bonds is 5. The van der Waals surface area contributed by atoms with E-state index in [2.05, 4.69) is 57.1 Å². The zero-order chi connectivity index (χ0) is 23.7. The standard InChI is InChI=1S/C25H22Cl2N6/c1-5-31-21-12-17(26)16(15-28)11-20(21)30-24(31)9-8-10-25-32(6-2)22-13-18(27)19(29-4)14-23(22)33(25)7-3/h8-14H,5-7H2,1-3H3/p+1. The molecule has 0 radical (unpaired) electrons. The van der Waals surface area contributed by atoms with E-state index in [1.54, 1.807) is 6.07 Å². The monoisotopic (exact) mass is 477 g/mol. The lowest BCUT2D eigenvalue weighted by Crippen LogP contribution is -2.35. The molecule has 3 aromatic rings. The Hall–Kier alpha value is -3.45. The highest BCUT2D eigenvalue weighted by Gasteiger charge is 2.25. The highest BCUT2D eigenvalue weighted by atomic mass is 35.5. The Bertz CT molecular complexity index is 1400. The summed E-state index contributed by atoms with van der Waals surface area (Å²) in [5.74, 6) is 1.94. The van der Waals surface area contributed by atoms with Gasteiger partial charge < -0.3 is 10.2 Å². The molecule has 2 heterocycles. The number of halogens is 2. The first-order valence-corrected chi connectivity index (χ1v) is 11.5. The van der Waals surface area contributed by atoms with Gasteiger partial charge in [0.25, 0.3) is 5.82 Å². The average Bonchev–Trinajstić information content (AvgIpc) is 3.30. The molecule has 0 atom stereocenters. The summed E-state index contributed by atoms with van der Waals surface area (Å²) in [6, 6.07) is 9.48. The first-order chi connectivity index (χ1) is 16.0. The van der Waals surface area contributed by atoms with E-state index in [0.29, 0.717) is 21.3 Å². The fourth-order valence-corrected chi connectivity index (χ4v) is 4.70. The van der Waals surface area contributed by atoms with Crippen LogP contribution in [0.2, 0.25) is 10.0 Å². The zero-order valence-corrected chi connectivity index (χ0v) is 20.2. The number of nitrogens with zero attached hydrogens (tertiary/aromatic N) is 5. The van der Waals surface area contributed by atoms with E-state index in [4.69, 9.17) is 29.8 Å². The molecule has 1 aliphatic heterocycles. The van der Waals surface area contributed by atoms with Crippen LogP contribution in [0.15, 0.2) is 42.2 Å². The molecular formula is C25H23Cl2N6+. The molecule has 0 fully saturated rings. The molecule has 6 nitrogen and oxygen atoms in total. The van der Waals surface area contributed by atoms with Gasteiger partial charge >= 0.3 is 0 Å². The fraction of sp³-hybridized carbons (Fsp3) is 0.240. The zero-order valence-electron chi connectivity index (χ0n) is 18.7. The number of hydrogen-bond donors (Lipinski definition) is 1. The van der Waals surface area contributed by atoms with Crippen LogP contribution in [0.1, 0.15) is 32.2 Å². The third kappa shape index (κ3) is 3.82. The summed E-state index contributed by atoms with van der Waals surface area (Å²) in [7, 11) is 0. The number of nitriles is 1. The van der Waals surface area contributed by atoms with Crippen molar-refractivity contribution in [2.24, 2.45) is 0 Å². The molecule has 1 aliphatic rings. The maximum Gasteiger partial charge on any atom is 0.282 e. The molecule has 4 rings (SSSR count). The molecule has 2 aromatic carbocycles. The van der Waals surface area contributed by atoms with Gasteiger partial charge in [0.1, 0.15) is 11.9 Å². The molecule has 0 saturated heterocycles. The second-order valence-corrected chi connectivity index (χ2v) is 8.31. The number of hydrogen-bond acceptors (Lipinski definition) is 3. The smallest absolute Gasteiger partial charge is 0.282 e. The van der Waals surface area contributed by atoms with Crippen LogP contribution in [0.5, 0.6) is 0 Å². The number of nitrogens with one attached hydrogen (secondary N) is 1. The molecule has 33 heavy (non-hydrogen) atoms. The summed E-state index contributed by atoms with van der Waals surface area (Å²) in [6.45, 7) is 15.9. The maximum atomic E-state index is 9.28. The van der Waals surface area contributed by atoms with Crippen molar-refractivity contribution in [3.05, 3.63) is 75.1 Å². The van der Waals surface area contributed by atoms with Gasteiger partial charge in [0, 0.05) is 12.6 Å². The van der Waals surface area contributed by atoms with Crippen molar-refractivity contribution in [3.8, 4) is 6.07 Å². The van der Waals surface area contributed by atoms with Crippen molar-refractivity contribution in [2.45, 2.75) is 33.9 Å². The fourth-order valence-electron chi connectivity index (χ4n) is 4.30. The van der Waals surface area contributed by atoms with Gasteiger partial charge in [-0.3, -0.25) is 0 Å². The summed E-state index contributed by atoms with van der Waals surface area (Å²) in [6.07, 6.45) is 6.09. The topological polar surface area (TPSA) is 52.2 Å². The van der Waals surface area contributed by atoms with Crippen molar-refractivity contribution in [3.63, 3.8) is 0 Å². The van der Waals surface area contributed by atoms with E-state index in [1.165, 1.54) is 0 Å². The Kier molecular flexibility index (Phi) is 6.33. The number of anilines is 2. The van der Waals surface area contributed by atoms with Crippen LogP contribution in [0, 0.1) is 17.9 Å². The Morgan fingerprint density at radius 2 is 1.94 bits per heavy atom. The van der Waals surface area contributed by atoms with Crippen LogP contribution in [-0.4, -0.2) is 11.1 Å². The maximum absolute atomic E-state index is 9.28. The first-order valence-electron chi connectivity index (χ1n) is 10.8. The summed E-state index contributed by atoms with van der Waals surface area (Å²) in [5, 5.41) is 13.6. The second-order valence-electron chi connectivity index (χ2n) is 7.49. The molecule has 0 spiro atoms. The highest BCUT2D eigenvalue weighted by Crippen LogP contribution is 2.39. The molecule has 0 saturated carbocycles. The normalized spacial score (nSPS) is 14.0. The average molecular weight is 478 g/mol. The van der Waals surface area contributed by atoms with E-state index < -0.39 is 0 Å². The molecule has 8 heteroatoms. The number of aryl methyl sites for hydroxylation is 2. The van der Waals surface area contributed by atoms with Crippen molar-refractivity contribution in [1.82, 2.24) is 4.57 Å². The molecule has 0 unspecified atom stereocenters. The van der Waals surface area contributed by atoms with E-state index in [-0.39, 0.29) is 0 Å². The Labute approximate surface area is 203 Å². The van der Waals surface area contributed by atoms with Crippen molar-refractivity contribution < 1.29 is 4.57 Å². The second kappa shape index (κ2) is 9.19. The van der Waals surface area contributed by atoms with Crippen molar-refractivity contribution >= 4 is 57.4 Å². The van der Waals surface area contributed by atoms with Crippen LogP contribution in [0.3, 0.4) is 0 Å². The molecular weight excluding hydrogens is 455 g/mol. The number of allylic oxidation sites excluding steroid dienone is 2. The molecule has 0 bridgehead atoms. The lowest BCUT2D eigenvalue weighted by molar-refractivity contribution is -0.670. The quantitative estimate of drug-likeness (QED) is 0.336. The molecule has 0 aliphatic carbocycles. The largest absolute Gasteiger partial charge is 0.340 e. The van der Waals surface area contributed by atoms with Gasteiger partial charge in [-0.2, -0.15) is 5.26 Å². The third-order valence-electron chi connectivity index (χ3n) is 5.80. The van der Waals surface area contributed by atoms with Crippen molar-refractivity contribution in [1.29, 1.82) is 5.26 Å². The predicted octanol–water partition coefficient (Wildman–Crippen LogP) is 6.50. The summed E-state index contributed by atoms with van der Waals surface area (Å²) >= 11 is 12.6. The summed E-state index contributed by atoms with van der Waals surface area (Å²) < 4.78 is 4.38. The van der Waals surface area contributed by atoms with E-state index in [1.807, 2.05) is 30.4 Å². The highest BCUT2D eigenvalue weighted by molar-refractivity contribution is 6.34. The van der Waals surface area contributed by atoms with Gasteiger partial charge in [-0.15, -0.1) is 0 Å². The van der Waals surface area contributed by atoms with Gasteiger partial charge in [-0.25, -0.2) is 14.0 Å². The van der Waals surface area contributed by atoms with Crippen LogP contribution in [0.25, 0.3) is 22.0 Å². The minimum atomic E-state index is 0.446. The lowest BCUT2D eigenvalue weighted by Gasteiger charge is -2.17. The minimum Gasteiger partial charge on any atom is -0.340 e. The Morgan fingerprint density at radius 1 is 1.15 bits per heavy atom. The van der Waals surface area contributed by atoms with Gasteiger partial charge in [-0.1, -0.05) is 29.3 Å². The van der Waals surface area contributed by atoms with Gasteiger partial charge in [0.15, 0.2) is 11.0 Å². The predicted molar refractivity (Wildman–Crippen MR) is 135 cm³/mol. The number of imidazole rings is 1. The third-order valence-corrected chi connectivity index (χ3v) is 6.41. The van der Waals surface area contributed by atoms with E-state index in [0.717, 1.165) is 53.7 Å². The SMILES string of the molecule is [C-]#[N+]c1cc2c(cc1Cl)[n+](CC)c(C=CC=C1Nc3cc(C#N)c(Cl)cc3N1CC)n2CC. The molecule has 0 amide bonds. The van der Waals surface area contributed by atoms with Crippen LogP contribution >= 0.6 is 23.2 Å². The van der Waals surface area contributed by atoms with E-state index >= 15 is 0 Å². The lowest BCUT2D eigenvalue weighted by atomic mass is 10.2. The van der Waals surface area contributed by atoms with Crippen LogP contribution < -0.4 is 14.8 Å². The number of benzene rings is 2. The molecule has 1 N–H and O–H groups in total. The minimum absolute atomic E-state index is 0.446. The van der Waals surface area contributed by atoms with Gasteiger partial charge in [-0.05, 0) is 51.1 Å².